The van der Waals surface area contributed by atoms with E-state index in [1.54, 1.807) is 7.11 Å². The number of benzene rings is 3. The van der Waals surface area contributed by atoms with Gasteiger partial charge in [-0.05, 0) is 43.9 Å². The molecule has 0 fully saturated rings. The van der Waals surface area contributed by atoms with E-state index in [2.05, 4.69) is 118 Å². The summed E-state index contributed by atoms with van der Waals surface area (Å²) in [6.07, 6.45) is 1.09. The van der Waals surface area contributed by atoms with Gasteiger partial charge in [0.05, 0.1) is 30.5 Å². The summed E-state index contributed by atoms with van der Waals surface area (Å²) in [5.41, 5.74) is 3.55. The van der Waals surface area contributed by atoms with Crippen molar-refractivity contribution in [3.63, 3.8) is 0 Å². The minimum absolute atomic E-state index is 0.0510. The molecule has 36 heavy (non-hydrogen) atoms. The van der Waals surface area contributed by atoms with Crippen molar-refractivity contribution in [1.29, 1.82) is 0 Å². The van der Waals surface area contributed by atoms with Crippen LogP contribution in [0.15, 0.2) is 91.0 Å². The van der Waals surface area contributed by atoms with Crippen LogP contribution in [-0.4, -0.2) is 43.9 Å². The van der Waals surface area contributed by atoms with E-state index in [4.69, 9.17) is 14.2 Å². The SMILES string of the molecule is CCC(C)O[C@@H](CN(C[C@H](OC)c1ccccc1)C[C@H](OC(C)C)c1ccccc1)c1ccccc1. The lowest BCUT2D eigenvalue weighted by Crippen LogP contribution is -2.38. The molecule has 0 amide bonds. The molecule has 0 aliphatic rings. The van der Waals surface area contributed by atoms with Crippen molar-refractivity contribution >= 4 is 0 Å². The molecule has 194 valence electrons. The van der Waals surface area contributed by atoms with Crippen molar-refractivity contribution in [2.45, 2.75) is 64.6 Å². The minimum atomic E-state index is -0.0560. The van der Waals surface area contributed by atoms with Crippen LogP contribution in [0, 0.1) is 0 Å². The molecule has 3 rings (SSSR count). The highest BCUT2D eigenvalue weighted by Crippen LogP contribution is 2.28. The Bertz CT molecular complexity index is 964. The van der Waals surface area contributed by atoms with E-state index < -0.39 is 0 Å². The van der Waals surface area contributed by atoms with E-state index in [9.17, 15) is 0 Å². The maximum Gasteiger partial charge on any atom is 0.0955 e. The lowest BCUT2D eigenvalue weighted by molar-refractivity contribution is -0.0564. The van der Waals surface area contributed by atoms with Gasteiger partial charge in [-0.3, -0.25) is 4.90 Å². The van der Waals surface area contributed by atoms with Crippen LogP contribution in [0.3, 0.4) is 0 Å². The van der Waals surface area contributed by atoms with Crippen molar-refractivity contribution in [2.75, 3.05) is 26.7 Å². The number of methoxy groups -OCH3 is 1. The molecule has 4 atom stereocenters. The standard InChI is InChI=1S/C32H43NO3/c1-6-26(4)36-32(29-20-14-9-15-21-29)24-33(22-30(34-5)27-16-10-7-11-17-27)23-31(35-25(2)3)28-18-12-8-13-19-28/h7-21,25-26,30-32H,6,22-24H2,1-5H3/t26?,30-,31-,32-/m0/s1. The molecule has 0 N–H and O–H groups in total. The van der Waals surface area contributed by atoms with Gasteiger partial charge in [-0.15, -0.1) is 0 Å². The van der Waals surface area contributed by atoms with Gasteiger partial charge < -0.3 is 14.2 Å². The first-order valence-electron chi connectivity index (χ1n) is 13.2. The third kappa shape index (κ3) is 8.86. The molecular formula is C32H43NO3. The monoisotopic (exact) mass is 489 g/mol. The van der Waals surface area contributed by atoms with Crippen LogP contribution in [0.25, 0.3) is 0 Å². The number of ether oxygens (including phenoxy) is 3. The van der Waals surface area contributed by atoms with Crippen molar-refractivity contribution in [1.82, 2.24) is 4.90 Å². The molecule has 0 spiro atoms. The Morgan fingerprint density at radius 1 is 0.583 bits per heavy atom. The second-order valence-corrected chi connectivity index (χ2v) is 9.69. The van der Waals surface area contributed by atoms with E-state index in [0.717, 1.165) is 26.1 Å². The Hall–Kier alpha value is -2.50. The summed E-state index contributed by atoms with van der Waals surface area (Å²) in [4.78, 5) is 2.45. The summed E-state index contributed by atoms with van der Waals surface area (Å²) in [5.74, 6) is 0. The molecule has 0 saturated heterocycles. The van der Waals surface area contributed by atoms with Crippen LogP contribution in [0.2, 0.25) is 0 Å². The normalized spacial score (nSPS) is 15.1. The highest BCUT2D eigenvalue weighted by Gasteiger charge is 2.26. The fraction of sp³-hybridized carbons (Fsp3) is 0.438. The van der Waals surface area contributed by atoms with Crippen LogP contribution in [0.5, 0.6) is 0 Å². The fourth-order valence-corrected chi connectivity index (χ4v) is 4.41. The summed E-state index contributed by atoms with van der Waals surface area (Å²) in [7, 11) is 1.79. The summed E-state index contributed by atoms with van der Waals surface area (Å²) in [5, 5.41) is 0. The van der Waals surface area contributed by atoms with Crippen LogP contribution in [0.1, 0.15) is 69.1 Å². The van der Waals surface area contributed by atoms with Gasteiger partial charge in [0.15, 0.2) is 0 Å². The summed E-state index contributed by atoms with van der Waals surface area (Å²) in [6.45, 7) is 10.7. The van der Waals surface area contributed by atoms with Gasteiger partial charge in [-0.2, -0.15) is 0 Å². The molecule has 0 aromatic heterocycles. The maximum absolute atomic E-state index is 6.58. The molecule has 0 radical (unpaired) electrons. The lowest BCUT2D eigenvalue weighted by atomic mass is 10.0. The first kappa shape index (κ1) is 28.1. The topological polar surface area (TPSA) is 30.9 Å². The third-order valence-corrected chi connectivity index (χ3v) is 6.48. The van der Waals surface area contributed by atoms with Gasteiger partial charge >= 0.3 is 0 Å². The predicted octanol–water partition coefficient (Wildman–Crippen LogP) is 7.40. The molecule has 3 aromatic rings. The van der Waals surface area contributed by atoms with Gasteiger partial charge in [0.25, 0.3) is 0 Å². The summed E-state index contributed by atoms with van der Waals surface area (Å²) < 4.78 is 19.0. The van der Waals surface area contributed by atoms with Gasteiger partial charge in [0.2, 0.25) is 0 Å². The molecule has 0 aliphatic heterocycles. The van der Waals surface area contributed by atoms with Crippen LogP contribution in [-0.2, 0) is 14.2 Å². The molecule has 0 bridgehead atoms. The third-order valence-electron chi connectivity index (χ3n) is 6.48. The van der Waals surface area contributed by atoms with Gasteiger partial charge in [-0.1, -0.05) is 97.9 Å². The van der Waals surface area contributed by atoms with Gasteiger partial charge in [-0.25, -0.2) is 0 Å². The maximum atomic E-state index is 6.58. The minimum Gasteiger partial charge on any atom is -0.375 e. The molecule has 4 nitrogen and oxygen atoms in total. The highest BCUT2D eigenvalue weighted by molar-refractivity contribution is 5.21. The lowest BCUT2D eigenvalue weighted by Gasteiger charge is -2.34. The summed E-state index contributed by atoms with van der Waals surface area (Å²) in [6, 6.07) is 31.5. The van der Waals surface area contributed by atoms with E-state index in [1.807, 2.05) is 6.07 Å². The second kappa shape index (κ2) is 14.9. The molecule has 3 aromatic carbocycles. The molecule has 0 saturated carbocycles. The molecule has 0 aliphatic carbocycles. The zero-order valence-corrected chi connectivity index (χ0v) is 22.5. The van der Waals surface area contributed by atoms with Crippen molar-refractivity contribution in [2.24, 2.45) is 0 Å². The zero-order valence-electron chi connectivity index (χ0n) is 22.5. The molecule has 1 unspecified atom stereocenters. The first-order valence-corrected chi connectivity index (χ1v) is 13.2. The number of hydrogen-bond acceptors (Lipinski definition) is 4. The van der Waals surface area contributed by atoms with E-state index in [1.165, 1.54) is 16.7 Å². The fourth-order valence-electron chi connectivity index (χ4n) is 4.41. The second-order valence-electron chi connectivity index (χ2n) is 9.69. The van der Waals surface area contributed by atoms with Crippen LogP contribution in [0.4, 0.5) is 0 Å². The van der Waals surface area contributed by atoms with Crippen molar-refractivity contribution in [3.05, 3.63) is 108 Å². The van der Waals surface area contributed by atoms with Crippen LogP contribution >= 0.6 is 0 Å². The van der Waals surface area contributed by atoms with Gasteiger partial charge in [0, 0.05) is 26.7 Å². The van der Waals surface area contributed by atoms with E-state index in [0.29, 0.717) is 0 Å². The Balaban J connectivity index is 1.92. The van der Waals surface area contributed by atoms with Crippen molar-refractivity contribution in [3.8, 4) is 0 Å². The molecule has 4 heteroatoms. The Labute approximate surface area is 218 Å². The Kier molecular flexibility index (Phi) is 11.6. The molecular weight excluding hydrogens is 446 g/mol. The highest BCUT2D eigenvalue weighted by atomic mass is 16.5. The Morgan fingerprint density at radius 2 is 0.972 bits per heavy atom. The smallest absolute Gasteiger partial charge is 0.0955 e. The number of rotatable bonds is 15. The summed E-state index contributed by atoms with van der Waals surface area (Å²) >= 11 is 0. The first-order chi connectivity index (χ1) is 17.5. The van der Waals surface area contributed by atoms with E-state index >= 15 is 0 Å². The number of nitrogens with zero attached hydrogens (tertiary/aromatic N) is 1. The number of hydrogen-bond donors (Lipinski definition) is 0. The Morgan fingerprint density at radius 3 is 1.36 bits per heavy atom. The van der Waals surface area contributed by atoms with E-state index in [-0.39, 0.29) is 30.5 Å². The van der Waals surface area contributed by atoms with Crippen molar-refractivity contribution < 1.29 is 14.2 Å². The predicted molar refractivity (Wildman–Crippen MR) is 148 cm³/mol. The van der Waals surface area contributed by atoms with Gasteiger partial charge in [0.1, 0.15) is 0 Å². The van der Waals surface area contributed by atoms with Crippen LogP contribution < -0.4 is 0 Å². The molecule has 0 heterocycles. The average molecular weight is 490 g/mol. The largest absolute Gasteiger partial charge is 0.375 e. The zero-order chi connectivity index (χ0) is 25.8. The average Bonchev–Trinajstić information content (AvgIpc) is 2.91. The quantitative estimate of drug-likeness (QED) is 0.223.